The number of hydrogen-bond acceptors (Lipinski definition) is 7. The van der Waals surface area contributed by atoms with Crippen molar-refractivity contribution in [3.63, 3.8) is 0 Å². The van der Waals surface area contributed by atoms with Gasteiger partial charge in [-0.15, -0.1) is 0 Å². The van der Waals surface area contributed by atoms with Crippen LogP contribution >= 0.6 is 0 Å². The molecule has 3 aromatic rings. The summed E-state index contributed by atoms with van der Waals surface area (Å²) in [5.41, 5.74) is 1.76. The fourth-order valence-corrected chi connectivity index (χ4v) is 3.64. The maximum absolute atomic E-state index is 13.9. The number of alkyl halides is 2. The molecule has 10 heteroatoms. The minimum Gasteiger partial charge on any atom is -0.387 e. The summed E-state index contributed by atoms with van der Waals surface area (Å²) in [6.45, 7) is 5.77. The van der Waals surface area contributed by atoms with Crippen LogP contribution in [-0.4, -0.2) is 54.7 Å². The Balaban J connectivity index is 1.59. The second kappa shape index (κ2) is 7.18. The van der Waals surface area contributed by atoms with Gasteiger partial charge in [-0.2, -0.15) is 4.98 Å². The first kappa shape index (κ1) is 19.4. The number of piperidine rings is 1. The van der Waals surface area contributed by atoms with Crippen LogP contribution in [0.15, 0.2) is 24.5 Å². The van der Waals surface area contributed by atoms with Crippen LogP contribution in [0.5, 0.6) is 0 Å². The summed E-state index contributed by atoms with van der Waals surface area (Å²) in [4.78, 5) is 18.7. The summed E-state index contributed by atoms with van der Waals surface area (Å²) >= 11 is 0. The third kappa shape index (κ3) is 3.71. The molecule has 154 valence electrons. The first-order valence-corrected chi connectivity index (χ1v) is 9.50. The lowest BCUT2D eigenvalue weighted by Crippen LogP contribution is -2.52. The van der Waals surface area contributed by atoms with E-state index >= 15 is 0 Å². The molecule has 0 bridgehead atoms. The molecule has 1 aliphatic rings. The fourth-order valence-electron chi connectivity index (χ4n) is 3.64. The highest BCUT2D eigenvalue weighted by Crippen LogP contribution is 2.29. The van der Waals surface area contributed by atoms with E-state index < -0.39 is 18.6 Å². The van der Waals surface area contributed by atoms with Gasteiger partial charge in [-0.05, 0) is 33.3 Å². The van der Waals surface area contributed by atoms with Crippen molar-refractivity contribution in [3.05, 3.63) is 30.4 Å². The summed E-state index contributed by atoms with van der Waals surface area (Å²) in [6.07, 6.45) is 1.53. The van der Waals surface area contributed by atoms with Gasteiger partial charge in [-0.3, -0.25) is 0 Å². The SMILES string of the molecule is Cc1nc2cnc(Nc3ccnc(N4CC[C@H](O)C(F)(F)C4)n3)cc2n1C(C)C. The lowest BCUT2D eigenvalue weighted by atomic mass is 10.0. The largest absolute Gasteiger partial charge is 0.387 e. The van der Waals surface area contributed by atoms with Crippen LogP contribution in [0.4, 0.5) is 26.4 Å². The number of halogens is 2. The van der Waals surface area contributed by atoms with Crippen molar-refractivity contribution in [1.82, 2.24) is 24.5 Å². The number of hydrogen-bond donors (Lipinski definition) is 2. The second-order valence-electron chi connectivity index (χ2n) is 7.53. The summed E-state index contributed by atoms with van der Waals surface area (Å²) in [7, 11) is 0. The normalized spacial score (nSPS) is 19.1. The lowest BCUT2D eigenvalue weighted by Gasteiger charge is -2.35. The molecule has 4 heterocycles. The van der Waals surface area contributed by atoms with Crippen molar-refractivity contribution in [2.24, 2.45) is 0 Å². The Morgan fingerprint density at radius 1 is 1.24 bits per heavy atom. The number of nitrogens with one attached hydrogen (secondary N) is 1. The zero-order chi connectivity index (χ0) is 20.8. The van der Waals surface area contributed by atoms with Crippen LogP contribution in [-0.2, 0) is 0 Å². The predicted molar refractivity (Wildman–Crippen MR) is 106 cm³/mol. The molecule has 29 heavy (non-hydrogen) atoms. The van der Waals surface area contributed by atoms with Crippen LogP contribution in [0.25, 0.3) is 11.0 Å². The maximum Gasteiger partial charge on any atom is 0.290 e. The van der Waals surface area contributed by atoms with Gasteiger partial charge in [0, 0.05) is 24.8 Å². The molecule has 1 saturated heterocycles. The predicted octanol–water partition coefficient (Wildman–Crippen LogP) is 3.06. The molecule has 0 spiro atoms. The van der Waals surface area contributed by atoms with E-state index in [0.717, 1.165) is 16.9 Å². The smallest absolute Gasteiger partial charge is 0.290 e. The summed E-state index contributed by atoms with van der Waals surface area (Å²) in [5, 5.41) is 12.6. The molecule has 0 amide bonds. The molecule has 8 nitrogen and oxygen atoms in total. The Morgan fingerprint density at radius 2 is 2.03 bits per heavy atom. The molecular weight excluding hydrogens is 380 g/mol. The molecule has 2 N–H and O–H groups in total. The number of anilines is 3. The number of pyridine rings is 1. The first-order valence-electron chi connectivity index (χ1n) is 9.50. The molecule has 0 saturated carbocycles. The third-order valence-corrected chi connectivity index (χ3v) is 5.01. The Kier molecular flexibility index (Phi) is 4.81. The van der Waals surface area contributed by atoms with Crippen molar-refractivity contribution < 1.29 is 13.9 Å². The second-order valence-corrected chi connectivity index (χ2v) is 7.53. The zero-order valence-corrected chi connectivity index (χ0v) is 16.5. The van der Waals surface area contributed by atoms with Crippen LogP contribution < -0.4 is 10.2 Å². The topological polar surface area (TPSA) is 92.0 Å². The molecule has 0 radical (unpaired) electrons. The van der Waals surface area contributed by atoms with E-state index in [4.69, 9.17) is 0 Å². The average Bonchev–Trinajstić information content (AvgIpc) is 2.99. The van der Waals surface area contributed by atoms with E-state index in [1.807, 2.05) is 13.0 Å². The van der Waals surface area contributed by atoms with Crippen LogP contribution in [0.3, 0.4) is 0 Å². The minimum atomic E-state index is -3.19. The van der Waals surface area contributed by atoms with Gasteiger partial charge in [0.05, 0.1) is 18.3 Å². The van der Waals surface area contributed by atoms with E-state index in [-0.39, 0.29) is 25.0 Å². The maximum atomic E-state index is 13.9. The number of aryl methyl sites for hydroxylation is 1. The molecular formula is C19H23F2N7O. The van der Waals surface area contributed by atoms with Gasteiger partial charge in [-0.1, -0.05) is 0 Å². The molecule has 0 unspecified atom stereocenters. The molecule has 1 atom stereocenters. The van der Waals surface area contributed by atoms with Gasteiger partial charge in [0.1, 0.15) is 29.1 Å². The molecule has 3 aromatic heterocycles. The van der Waals surface area contributed by atoms with Crippen molar-refractivity contribution in [1.29, 1.82) is 0 Å². The zero-order valence-electron chi connectivity index (χ0n) is 16.5. The first-order chi connectivity index (χ1) is 13.7. The van der Waals surface area contributed by atoms with Gasteiger partial charge >= 0.3 is 0 Å². The van der Waals surface area contributed by atoms with Crippen molar-refractivity contribution in [2.45, 2.75) is 45.3 Å². The standard InChI is InChI=1S/C19H23F2N7O/c1-11(2)28-12(3)24-13-9-23-17(8-14(13)28)25-16-4-6-22-18(26-16)27-7-5-15(29)19(20,21)10-27/h4,6,8-9,11,15,29H,5,7,10H2,1-3H3,(H,22,23,25,26)/t15-/m0/s1. The van der Waals surface area contributed by atoms with E-state index in [0.29, 0.717) is 11.6 Å². The van der Waals surface area contributed by atoms with Crippen LogP contribution in [0.1, 0.15) is 32.1 Å². The van der Waals surface area contributed by atoms with Gasteiger partial charge in [0.25, 0.3) is 5.92 Å². The van der Waals surface area contributed by atoms with Crippen molar-refractivity contribution >= 4 is 28.6 Å². The van der Waals surface area contributed by atoms with Crippen LogP contribution in [0, 0.1) is 6.92 Å². The van der Waals surface area contributed by atoms with Crippen molar-refractivity contribution in [2.75, 3.05) is 23.3 Å². The minimum absolute atomic E-state index is 0.0369. The monoisotopic (exact) mass is 403 g/mol. The van der Waals surface area contributed by atoms with Gasteiger partial charge in [0.15, 0.2) is 0 Å². The van der Waals surface area contributed by atoms with E-state index in [1.165, 1.54) is 11.1 Å². The average molecular weight is 403 g/mol. The number of aromatic nitrogens is 5. The van der Waals surface area contributed by atoms with Crippen LogP contribution in [0.2, 0.25) is 0 Å². The fraction of sp³-hybridized carbons (Fsp3) is 0.474. The number of rotatable bonds is 4. The quantitative estimate of drug-likeness (QED) is 0.692. The van der Waals surface area contributed by atoms with E-state index in [1.54, 1.807) is 12.3 Å². The Labute approximate surface area is 166 Å². The number of aliphatic hydroxyl groups is 1. The van der Waals surface area contributed by atoms with E-state index in [9.17, 15) is 13.9 Å². The van der Waals surface area contributed by atoms with Gasteiger partial charge < -0.3 is 19.9 Å². The number of fused-ring (bicyclic) bond motifs is 1. The van der Waals surface area contributed by atoms with E-state index in [2.05, 4.69) is 43.7 Å². The molecule has 4 rings (SSSR count). The van der Waals surface area contributed by atoms with Gasteiger partial charge in [-0.25, -0.2) is 23.7 Å². The molecule has 0 aliphatic carbocycles. The summed E-state index contributed by atoms with van der Waals surface area (Å²) in [6, 6.07) is 3.79. The summed E-state index contributed by atoms with van der Waals surface area (Å²) in [5.74, 6) is -1.07. The number of nitrogens with zero attached hydrogens (tertiary/aromatic N) is 6. The highest BCUT2D eigenvalue weighted by molar-refractivity contribution is 5.79. The molecule has 1 aliphatic heterocycles. The third-order valence-electron chi connectivity index (χ3n) is 5.01. The summed E-state index contributed by atoms with van der Waals surface area (Å²) < 4.78 is 29.8. The molecule has 0 aromatic carbocycles. The van der Waals surface area contributed by atoms with Crippen molar-refractivity contribution in [3.8, 4) is 0 Å². The molecule has 1 fully saturated rings. The Morgan fingerprint density at radius 3 is 2.76 bits per heavy atom. The number of aliphatic hydroxyl groups excluding tert-OH is 1. The highest BCUT2D eigenvalue weighted by atomic mass is 19.3. The number of imidazole rings is 1. The van der Waals surface area contributed by atoms with Gasteiger partial charge in [0.2, 0.25) is 5.95 Å². The highest BCUT2D eigenvalue weighted by Gasteiger charge is 2.44. The lowest BCUT2D eigenvalue weighted by molar-refractivity contribution is -0.113. The Hall–Kier alpha value is -2.88. The Bertz CT molecular complexity index is 1040.